The van der Waals surface area contributed by atoms with Crippen LogP contribution in [0, 0.1) is 6.92 Å². The lowest BCUT2D eigenvalue weighted by molar-refractivity contribution is 0.448. The van der Waals surface area contributed by atoms with Gasteiger partial charge in [-0.3, -0.25) is 0 Å². The summed E-state index contributed by atoms with van der Waals surface area (Å²) >= 11 is 5.91. The van der Waals surface area contributed by atoms with Crippen LogP contribution in [0.2, 0.25) is 5.02 Å². The van der Waals surface area contributed by atoms with E-state index in [-0.39, 0.29) is 5.41 Å². The minimum absolute atomic E-state index is 0.0860. The molecule has 2 aromatic carbocycles. The molecule has 0 atom stereocenters. The van der Waals surface area contributed by atoms with Crippen LogP contribution in [-0.2, 0) is 5.41 Å². The summed E-state index contributed by atoms with van der Waals surface area (Å²) in [4.78, 5) is 0. The van der Waals surface area contributed by atoms with Crippen LogP contribution in [0.5, 0.6) is 5.75 Å². The number of hydrogen-bond acceptors (Lipinski definition) is 1. The first-order chi connectivity index (χ1) is 8.79. The Morgan fingerprint density at radius 1 is 1.00 bits per heavy atom. The van der Waals surface area contributed by atoms with Gasteiger partial charge in [-0.25, -0.2) is 0 Å². The fraction of sp³-hybridized carbons (Fsp3) is 0.294. The van der Waals surface area contributed by atoms with E-state index in [9.17, 15) is 5.11 Å². The predicted octanol–water partition coefficient (Wildman–Crippen LogP) is 5.32. The summed E-state index contributed by atoms with van der Waals surface area (Å²) in [6.07, 6.45) is 0. The molecule has 0 aromatic heterocycles. The van der Waals surface area contributed by atoms with Gasteiger partial charge in [-0.2, -0.15) is 0 Å². The van der Waals surface area contributed by atoms with Crippen LogP contribution < -0.4 is 0 Å². The quantitative estimate of drug-likeness (QED) is 0.746. The highest BCUT2D eigenvalue weighted by atomic mass is 35.5. The Hall–Kier alpha value is -1.47. The molecule has 0 saturated heterocycles. The van der Waals surface area contributed by atoms with Gasteiger partial charge in [0.15, 0.2) is 0 Å². The molecule has 0 bridgehead atoms. The van der Waals surface area contributed by atoms with Crippen LogP contribution in [-0.4, -0.2) is 5.11 Å². The molecule has 100 valence electrons. The van der Waals surface area contributed by atoms with E-state index in [1.54, 1.807) is 0 Å². The molecule has 1 N–H and O–H groups in total. The number of phenols is 1. The molecule has 0 aliphatic rings. The number of hydrogen-bond donors (Lipinski definition) is 1. The van der Waals surface area contributed by atoms with E-state index < -0.39 is 0 Å². The molecule has 2 aromatic rings. The third-order valence-electron chi connectivity index (χ3n) is 3.22. The first-order valence-corrected chi connectivity index (χ1v) is 6.77. The average Bonchev–Trinajstić information content (AvgIpc) is 2.31. The van der Waals surface area contributed by atoms with Crippen molar-refractivity contribution in [3.63, 3.8) is 0 Å². The minimum Gasteiger partial charge on any atom is -0.507 e. The van der Waals surface area contributed by atoms with E-state index in [1.807, 2.05) is 37.3 Å². The minimum atomic E-state index is -0.0860. The van der Waals surface area contributed by atoms with Gasteiger partial charge in [-0.05, 0) is 41.7 Å². The van der Waals surface area contributed by atoms with Crippen molar-refractivity contribution < 1.29 is 5.11 Å². The zero-order valence-electron chi connectivity index (χ0n) is 11.8. The Kier molecular flexibility index (Phi) is 3.60. The Morgan fingerprint density at radius 3 is 2.11 bits per heavy atom. The fourth-order valence-corrected chi connectivity index (χ4v) is 2.33. The van der Waals surface area contributed by atoms with Crippen LogP contribution in [0.4, 0.5) is 0 Å². The lowest BCUT2D eigenvalue weighted by Crippen LogP contribution is -2.12. The molecular formula is C17H19ClO. The molecule has 2 rings (SSSR count). The van der Waals surface area contributed by atoms with Gasteiger partial charge in [0.25, 0.3) is 0 Å². The number of benzene rings is 2. The largest absolute Gasteiger partial charge is 0.507 e. The van der Waals surface area contributed by atoms with E-state index in [0.29, 0.717) is 10.8 Å². The van der Waals surface area contributed by atoms with Gasteiger partial charge in [0.1, 0.15) is 5.75 Å². The zero-order valence-corrected chi connectivity index (χ0v) is 12.5. The third kappa shape index (κ3) is 2.93. The van der Waals surface area contributed by atoms with E-state index in [1.165, 1.54) is 0 Å². The SMILES string of the molecule is Cc1cc(-c2ccc(Cl)cc2)c(O)c(C(C)(C)C)c1. The number of halogens is 1. The van der Waals surface area contributed by atoms with Crippen molar-refractivity contribution in [3.8, 4) is 16.9 Å². The average molecular weight is 275 g/mol. The summed E-state index contributed by atoms with van der Waals surface area (Å²) < 4.78 is 0. The van der Waals surface area contributed by atoms with Gasteiger partial charge in [-0.1, -0.05) is 50.6 Å². The lowest BCUT2D eigenvalue weighted by atomic mass is 9.83. The van der Waals surface area contributed by atoms with Gasteiger partial charge in [0.2, 0.25) is 0 Å². The van der Waals surface area contributed by atoms with Gasteiger partial charge in [0, 0.05) is 16.1 Å². The Balaban J connectivity index is 2.64. The van der Waals surface area contributed by atoms with Crippen molar-refractivity contribution in [2.45, 2.75) is 33.1 Å². The van der Waals surface area contributed by atoms with Crippen molar-refractivity contribution in [1.82, 2.24) is 0 Å². The summed E-state index contributed by atoms with van der Waals surface area (Å²) in [6, 6.07) is 11.6. The van der Waals surface area contributed by atoms with Crippen molar-refractivity contribution in [1.29, 1.82) is 0 Å². The van der Waals surface area contributed by atoms with Crippen molar-refractivity contribution in [2.75, 3.05) is 0 Å². The Morgan fingerprint density at radius 2 is 1.58 bits per heavy atom. The fourth-order valence-electron chi connectivity index (χ4n) is 2.20. The van der Waals surface area contributed by atoms with Crippen LogP contribution >= 0.6 is 11.6 Å². The Bertz CT molecular complexity index is 592. The molecule has 0 fully saturated rings. The third-order valence-corrected chi connectivity index (χ3v) is 3.47. The van der Waals surface area contributed by atoms with Crippen molar-refractivity contribution in [2.24, 2.45) is 0 Å². The highest BCUT2D eigenvalue weighted by molar-refractivity contribution is 6.30. The smallest absolute Gasteiger partial charge is 0.127 e. The summed E-state index contributed by atoms with van der Waals surface area (Å²) in [7, 11) is 0. The topological polar surface area (TPSA) is 20.2 Å². The summed E-state index contributed by atoms with van der Waals surface area (Å²) in [5.74, 6) is 0.362. The maximum absolute atomic E-state index is 10.5. The van der Waals surface area contributed by atoms with Crippen LogP contribution in [0.25, 0.3) is 11.1 Å². The Labute approximate surface area is 119 Å². The summed E-state index contributed by atoms with van der Waals surface area (Å²) in [5.41, 5.74) is 3.87. The molecule has 0 spiro atoms. The maximum atomic E-state index is 10.5. The first kappa shape index (κ1) is 14.0. The number of aromatic hydroxyl groups is 1. The molecule has 2 heteroatoms. The number of phenolic OH excluding ortho intramolecular Hbond substituents is 1. The molecule has 0 radical (unpaired) electrons. The molecule has 19 heavy (non-hydrogen) atoms. The van der Waals surface area contributed by atoms with Crippen molar-refractivity contribution >= 4 is 11.6 Å². The molecule has 0 saturated carbocycles. The molecular weight excluding hydrogens is 256 g/mol. The highest BCUT2D eigenvalue weighted by Gasteiger charge is 2.21. The van der Waals surface area contributed by atoms with Gasteiger partial charge in [0.05, 0.1) is 0 Å². The molecule has 1 nitrogen and oxygen atoms in total. The van der Waals surface area contributed by atoms with Gasteiger partial charge < -0.3 is 5.11 Å². The van der Waals surface area contributed by atoms with E-state index in [0.717, 1.165) is 22.3 Å². The van der Waals surface area contributed by atoms with Crippen LogP contribution in [0.1, 0.15) is 31.9 Å². The monoisotopic (exact) mass is 274 g/mol. The molecule has 0 heterocycles. The second-order valence-corrected chi connectivity index (χ2v) is 6.40. The maximum Gasteiger partial charge on any atom is 0.127 e. The van der Waals surface area contributed by atoms with Crippen LogP contribution in [0.15, 0.2) is 36.4 Å². The second kappa shape index (κ2) is 4.90. The van der Waals surface area contributed by atoms with Gasteiger partial charge in [-0.15, -0.1) is 0 Å². The van der Waals surface area contributed by atoms with E-state index in [4.69, 9.17) is 11.6 Å². The number of aryl methyl sites for hydroxylation is 1. The van der Waals surface area contributed by atoms with E-state index >= 15 is 0 Å². The van der Waals surface area contributed by atoms with E-state index in [2.05, 4.69) is 26.8 Å². The lowest BCUT2D eigenvalue weighted by Gasteiger charge is -2.23. The first-order valence-electron chi connectivity index (χ1n) is 6.39. The molecule has 0 aliphatic carbocycles. The molecule has 0 unspecified atom stereocenters. The van der Waals surface area contributed by atoms with Crippen LogP contribution in [0.3, 0.4) is 0 Å². The normalized spacial score (nSPS) is 11.6. The summed E-state index contributed by atoms with van der Waals surface area (Å²) in [6.45, 7) is 8.36. The zero-order chi connectivity index (χ0) is 14.2. The standard InChI is InChI=1S/C17H19ClO/c1-11-9-14(12-5-7-13(18)8-6-12)16(19)15(10-11)17(2,3)4/h5-10,19H,1-4H3. The second-order valence-electron chi connectivity index (χ2n) is 5.97. The molecule has 0 amide bonds. The predicted molar refractivity (Wildman–Crippen MR) is 82.0 cm³/mol. The van der Waals surface area contributed by atoms with Crippen molar-refractivity contribution in [3.05, 3.63) is 52.5 Å². The number of rotatable bonds is 1. The van der Waals surface area contributed by atoms with Gasteiger partial charge >= 0.3 is 0 Å². The summed E-state index contributed by atoms with van der Waals surface area (Å²) in [5, 5.41) is 11.2. The highest BCUT2D eigenvalue weighted by Crippen LogP contribution is 2.39. The molecule has 0 aliphatic heterocycles.